The summed E-state index contributed by atoms with van der Waals surface area (Å²) in [5.41, 5.74) is 11.9. The fraction of sp³-hybridized carbons (Fsp3) is 0.571. The summed E-state index contributed by atoms with van der Waals surface area (Å²) in [6.07, 6.45) is 0. The lowest BCUT2D eigenvalue weighted by Crippen LogP contribution is -2.52. The number of hydrazine groups is 2. The van der Waals surface area contributed by atoms with Crippen molar-refractivity contribution in [3.05, 3.63) is 0 Å². The fourth-order valence-electron chi connectivity index (χ4n) is 2.03. The molecule has 0 saturated carbocycles. The highest BCUT2D eigenvalue weighted by molar-refractivity contribution is 7.80. The maximum absolute atomic E-state index is 12.0. The first kappa shape index (κ1) is 27.5. The van der Waals surface area contributed by atoms with E-state index in [4.69, 9.17) is 34.0 Å². The lowest BCUT2D eigenvalue weighted by atomic mass is 10.3. The van der Waals surface area contributed by atoms with Gasteiger partial charge in [-0.25, -0.2) is 5.84 Å². The maximum atomic E-state index is 12.0. The molecule has 0 aromatic carbocycles. The Bertz CT molecular complexity index is 596. The van der Waals surface area contributed by atoms with Gasteiger partial charge in [-0.05, 0) is 12.2 Å². The van der Waals surface area contributed by atoms with Gasteiger partial charge in [-0.3, -0.25) is 45.3 Å². The van der Waals surface area contributed by atoms with Crippen LogP contribution in [-0.2, 0) is 19.2 Å². The average molecular weight is 467 g/mol. The predicted octanol–water partition coefficient (Wildman–Crippen LogP) is -4.43. The Balaban J connectivity index is 4.81. The zero-order valence-corrected chi connectivity index (χ0v) is 17.7. The highest BCUT2D eigenvalue weighted by Gasteiger charge is 2.19. The van der Waals surface area contributed by atoms with Crippen molar-refractivity contribution in [2.24, 2.45) is 11.6 Å². The SMILES string of the molecule is NCC(=S)CNC(=O)CN(CCN(CC(=O)O)CC(=O)NNC(=S)NN)CC(=O)O. The van der Waals surface area contributed by atoms with E-state index in [9.17, 15) is 19.2 Å². The summed E-state index contributed by atoms with van der Waals surface area (Å²) in [4.78, 5) is 49.0. The molecular weight excluding hydrogens is 440 g/mol. The summed E-state index contributed by atoms with van der Waals surface area (Å²) in [6.45, 7) is -1.30. The molecule has 16 heteroatoms. The molecule has 0 unspecified atom stereocenters. The van der Waals surface area contributed by atoms with Crippen molar-refractivity contribution >= 4 is 58.2 Å². The predicted molar refractivity (Wildman–Crippen MR) is 114 cm³/mol. The van der Waals surface area contributed by atoms with Gasteiger partial charge in [0.15, 0.2) is 5.11 Å². The van der Waals surface area contributed by atoms with Gasteiger partial charge in [-0.15, -0.1) is 0 Å². The molecule has 170 valence electrons. The van der Waals surface area contributed by atoms with Crippen molar-refractivity contribution in [2.75, 3.05) is 52.4 Å². The highest BCUT2D eigenvalue weighted by atomic mass is 32.1. The van der Waals surface area contributed by atoms with Crippen LogP contribution in [-0.4, -0.2) is 106 Å². The molecule has 0 spiro atoms. The topological polar surface area (TPSA) is 215 Å². The van der Waals surface area contributed by atoms with Crippen LogP contribution < -0.4 is 33.2 Å². The number of nitrogens with two attached hydrogens (primary N) is 2. The molecule has 0 aromatic heterocycles. The van der Waals surface area contributed by atoms with Crippen LogP contribution in [0.5, 0.6) is 0 Å². The standard InChI is InChI=1S/C14H26N8O6S2/c15-3-9(29)4-17-10(23)5-21(7-12(25)26)1-2-22(8-13(27)28)6-11(24)19-20-14(30)18-16/h1-8,15-16H2,(H,17,23)(H,19,24)(H,25,26)(H,27,28)(H2,18,20,30). The average Bonchev–Trinajstić information content (AvgIpc) is 2.67. The molecule has 0 aliphatic rings. The quantitative estimate of drug-likeness (QED) is 0.0689. The van der Waals surface area contributed by atoms with Gasteiger partial charge in [0.25, 0.3) is 5.91 Å². The van der Waals surface area contributed by atoms with E-state index in [1.54, 1.807) is 0 Å². The van der Waals surface area contributed by atoms with Crippen LogP contribution in [0.25, 0.3) is 0 Å². The molecule has 0 aromatic rings. The van der Waals surface area contributed by atoms with Crippen molar-refractivity contribution in [1.82, 2.24) is 31.4 Å². The zero-order chi connectivity index (χ0) is 23.1. The third-order valence-electron chi connectivity index (χ3n) is 3.34. The summed E-state index contributed by atoms with van der Waals surface area (Å²) in [7, 11) is 0. The Hall–Kier alpha value is -2.50. The lowest BCUT2D eigenvalue weighted by Gasteiger charge is -2.25. The van der Waals surface area contributed by atoms with Gasteiger partial charge in [0.05, 0.1) is 32.7 Å². The third-order valence-corrected chi connectivity index (χ3v) is 3.87. The first-order valence-corrected chi connectivity index (χ1v) is 9.31. The first-order chi connectivity index (χ1) is 14.1. The number of carboxylic acid groups (broad SMARTS) is 2. The minimum atomic E-state index is -1.19. The normalized spacial score (nSPS) is 10.4. The van der Waals surface area contributed by atoms with E-state index in [1.807, 2.05) is 0 Å². The number of hydrogen-bond acceptors (Lipinski definition) is 10. The van der Waals surface area contributed by atoms with Crippen LogP contribution in [0.3, 0.4) is 0 Å². The molecule has 0 radical (unpaired) electrons. The highest BCUT2D eigenvalue weighted by Crippen LogP contribution is 1.94. The molecule has 0 rings (SSSR count). The number of thiocarbonyl (C=S) groups is 2. The van der Waals surface area contributed by atoms with Gasteiger partial charge in [0.1, 0.15) is 0 Å². The Labute approximate surface area is 183 Å². The molecule has 0 aliphatic carbocycles. The lowest BCUT2D eigenvalue weighted by molar-refractivity contribution is -0.141. The van der Waals surface area contributed by atoms with Crippen LogP contribution >= 0.6 is 24.4 Å². The molecule has 0 fully saturated rings. The van der Waals surface area contributed by atoms with Crippen LogP contribution in [0, 0.1) is 0 Å². The molecule has 0 bridgehead atoms. The summed E-state index contributed by atoms with van der Waals surface area (Å²) in [5, 5.41) is 20.5. The zero-order valence-electron chi connectivity index (χ0n) is 16.0. The Morgan fingerprint density at radius 2 is 1.33 bits per heavy atom. The molecule has 14 nitrogen and oxygen atoms in total. The maximum Gasteiger partial charge on any atom is 0.317 e. The number of carbonyl (C=O) groups is 4. The minimum absolute atomic E-state index is 0.00107. The number of carboxylic acids is 2. The summed E-state index contributed by atoms with van der Waals surface area (Å²) in [6, 6.07) is 0. The van der Waals surface area contributed by atoms with Crippen molar-refractivity contribution in [1.29, 1.82) is 0 Å². The number of carbonyl (C=O) groups excluding carboxylic acids is 2. The second-order valence-corrected chi connectivity index (χ2v) is 6.86. The number of aliphatic carboxylic acids is 2. The Morgan fingerprint density at radius 3 is 1.77 bits per heavy atom. The van der Waals surface area contributed by atoms with Crippen LogP contribution in [0.15, 0.2) is 0 Å². The smallest absolute Gasteiger partial charge is 0.317 e. The molecular formula is C14H26N8O6S2. The van der Waals surface area contributed by atoms with E-state index < -0.39 is 36.8 Å². The Morgan fingerprint density at radius 1 is 0.833 bits per heavy atom. The molecule has 10 N–H and O–H groups in total. The van der Waals surface area contributed by atoms with Gasteiger partial charge in [0, 0.05) is 24.5 Å². The minimum Gasteiger partial charge on any atom is -0.480 e. The molecule has 0 heterocycles. The van der Waals surface area contributed by atoms with Gasteiger partial charge >= 0.3 is 11.9 Å². The van der Waals surface area contributed by atoms with Crippen molar-refractivity contribution in [3.63, 3.8) is 0 Å². The number of amides is 2. The summed E-state index contributed by atoms with van der Waals surface area (Å²) >= 11 is 9.58. The van der Waals surface area contributed by atoms with Crippen LogP contribution in [0.2, 0.25) is 0 Å². The summed E-state index contributed by atoms with van der Waals surface area (Å²) < 4.78 is 0. The van der Waals surface area contributed by atoms with E-state index in [0.29, 0.717) is 4.86 Å². The molecule has 2 amide bonds. The fourth-order valence-corrected chi connectivity index (χ4v) is 2.15. The van der Waals surface area contributed by atoms with Crippen LogP contribution in [0.4, 0.5) is 0 Å². The van der Waals surface area contributed by atoms with E-state index in [-0.39, 0.29) is 44.4 Å². The van der Waals surface area contributed by atoms with Gasteiger partial charge in [0.2, 0.25) is 5.91 Å². The second kappa shape index (κ2) is 15.4. The van der Waals surface area contributed by atoms with Gasteiger partial charge in [-0.2, -0.15) is 0 Å². The van der Waals surface area contributed by atoms with E-state index in [1.165, 1.54) is 9.80 Å². The van der Waals surface area contributed by atoms with Crippen molar-refractivity contribution in [3.8, 4) is 0 Å². The number of nitrogens with one attached hydrogen (secondary N) is 4. The van der Waals surface area contributed by atoms with Gasteiger partial charge in [-0.1, -0.05) is 12.2 Å². The van der Waals surface area contributed by atoms with Crippen LogP contribution in [0.1, 0.15) is 0 Å². The van der Waals surface area contributed by atoms with E-state index in [0.717, 1.165) is 0 Å². The molecule has 0 saturated heterocycles. The Kier molecular flexibility index (Phi) is 14.1. The number of nitrogens with zero attached hydrogens (tertiary/aromatic N) is 2. The van der Waals surface area contributed by atoms with E-state index in [2.05, 4.69) is 33.8 Å². The first-order valence-electron chi connectivity index (χ1n) is 8.49. The third kappa shape index (κ3) is 14.5. The second-order valence-electron chi connectivity index (χ2n) is 5.87. The number of rotatable bonds is 14. The molecule has 0 aliphatic heterocycles. The largest absolute Gasteiger partial charge is 0.480 e. The van der Waals surface area contributed by atoms with Crippen molar-refractivity contribution in [2.45, 2.75) is 0 Å². The summed E-state index contributed by atoms with van der Waals surface area (Å²) in [5.74, 6) is 1.60. The number of hydrogen-bond donors (Lipinski definition) is 8. The van der Waals surface area contributed by atoms with Crippen molar-refractivity contribution < 1.29 is 29.4 Å². The molecule has 30 heavy (non-hydrogen) atoms. The monoisotopic (exact) mass is 466 g/mol. The van der Waals surface area contributed by atoms with Gasteiger partial charge < -0.3 is 21.3 Å². The van der Waals surface area contributed by atoms with E-state index >= 15 is 0 Å². The molecule has 0 atom stereocenters.